The second-order valence-electron chi connectivity index (χ2n) is 4.11. The van der Waals surface area contributed by atoms with Crippen molar-refractivity contribution in [1.29, 1.82) is 0 Å². The Morgan fingerprint density at radius 1 is 1.35 bits per heavy atom. The Bertz CT molecular complexity index is 606. The highest BCUT2D eigenvalue weighted by molar-refractivity contribution is 7.89. The largest absolute Gasteiger partial charge is 0.480 e. The topological polar surface area (TPSA) is 95.0 Å². The van der Waals surface area contributed by atoms with Crippen molar-refractivity contribution in [3.63, 3.8) is 0 Å². The maximum atomic E-state index is 12.3. The number of carboxylic acid groups (broad SMARTS) is 1. The number of aliphatic carboxylic acids is 1. The zero-order chi connectivity index (χ0) is 15.5. The number of carbonyl (C=O) groups is 2. The Kier molecular flexibility index (Phi) is 5.26. The van der Waals surface area contributed by atoms with Crippen LogP contribution in [-0.4, -0.2) is 61.8 Å². The predicted octanol–water partition coefficient (Wildman–Crippen LogP) is 0.545. The number of nitrogens with zero attached hydrogens (tertiary/aromatic N) is 2. The van der Waals surface area contributed by atoms with Gasteiger partial charge in [0.2, 0.25) is 10.0 Å². The zero-order valence-corrected chi connectivity index (χ0v) is 13.0. The lowest BCUT2D eigenvalue weighted by Gasteiger charge is -2.19. The number of carboxylic acids is 1. The van der Waals surface area contributed by atoms with Gasteiger partial charge in [-0.1, -0.05) is 0 Å². The van der Waals surface area contributed by atoms with E-state index in [1.54, 1.807) is 6.92 Å². The van der Waals surface area contributed by atoms with Gasteiger partial charge in [0.05, 0.1) is 0 Å². The van der Waals surface area contributed by atoms with Gasteiger partial charge in [0, 0.05) is 20.6 Å². The van der Waals surface area contributed by atoms with Crippen molar-refractivity contribution in [3.05, 3.63) is 16.3 Å². The van der Waals surface area contributed by atoms with Crippen LogP contribution in [0.5, 0.6) is 0 Å². The molecule has 0 saturated carbocycles. The molecule has 0 fully saturated rings. The summed E-state index contributed by atoms with van der Waals surface area (Å²) >= 11 is 0.983. The standard InChI is InChI=1S/C11H16N2O5S2/c1-4-13(7-9(14)15)11(16)10-8(5-6-19-10)20(17,18)12(2)3/h5-6H,4,7H2,1-3H3,(H,14,15). The molecule has 0 radical (unpaired) electrons. The molecule has 1 heterocycles. The van der Waals surface area contributed by atoms with Crippen molar-refractivity contribution in [1.82, 2.24) is 9.21 Å². The van der Waals surface area contributed by atoms with Gasteiger partial charge in [0.15, 0.2) is 0 Å². The van der Waals surface area contributed by atoms with Gasteiger partial charge in [-0.2, -0.15) is 0 Å². The first-order chi connectivity index (χ1) is 9.21. The fraction of sp³-hybridized carbons (Fsp3) is 0.455. The summed E-state index contributed by atoms with van der Waals surface area (Å²) in [5.74, 6) is -1.74. The Labute approximate surface area is 121 Å². The molecule has 112 valence electrons. The number of likely N-dealkylation sites (N-methyl/N-ethyl adjacent to an activating group) is 1. The highest BCUT2D eigenvalue weighted by Crippen LogP contribution is 2.25. The second kappa shape index (κ2) is 6.33. The Hall–Kier alpha value is -1.45. The molecule has 1 N–H and O–H groups in total. The molecule has 20 heavy (non-hydrogen) atoms. The number of amides is 1. The predicted molar refractivity (Wildman–Crippen MR) is 74.4 cm³/mol. The molecule has 0 saturated heterocycles. The fourth-order valence-corrected chi connectivity index (χ4v) is 3.74. The third-order valence-corrected chi connectivity index (χ3v) is 5.47. The van der Waals surface area contributed by atoms with Crippen LogP contribution in [0, 0.1) is 0 Å². The first-order valence-corrected chi connectivity index (χ1v) is 8.04. The van der Waals surface area contributed by atoms with E-state index in [-0.39, 0.29) is 16.3 Å². The Morgan fingerprint density at radius 2 is 1.95 bits per heavy atom. The van der Waals surface area contributed by atoms with E-state index in [1.807, 2.05) is 0 Å². The number of carbonyl (C=O) groups excluding carboxylic acids is 1. The molecule has 0 bridgehead atoms. The van der Waals surface area contributed by atoms with Crippen LogP contribution < -0.4 is 0 Å². The average Bonchev–Trinajstić information content (AvgIpc) is 2.84. The molecular weight excluding hydrogens is 304 g/mol. The molecule has 1 aromatic rings. The summed E-state index contributed by atoms with van der Waals surface area (Å²) in [6.45, 7) is 1.35. The number of rotatable bonds is 6. The van der Waals surface area contributed by atoms with Crippen LogP contribution >= 0.6 is 11.3 Å². The molecule has 7 nitrogen and oxygen atoms in total. The van der Waals surface area contributed by atoms with Crippen molar-refractivity contribution < 1.29 is 23.1 Å². The van der Waals surface area contributed by atoms with Crippen molar-refractivity contribution in [3.8, 4) is 0 Å². The van der Waals surface area contributed by atoms with Crippen LogP contribution in [0.15, 0.2) is 16.3 Å². The van der Waals surface area contributed by atoms with Crippen LogP contribution in [0.4, 0.5) is 0 Å². The smallest absolute Gasteiger partial charge is 0.323 e. The molecular formula is C11H16N2O5S2. The summed E-state index contributed by atoms with van der Waals surface area (Å²) in [4.78, 5) is 24.0. The third-order valence-electron chi connectivity index (χ3n) is 2.58. The van der Waals surface area contributed by atoms with Gasteiger partial charge in [0.1, 0.15) is 16.3 Å². The minimum absolute atomic E-state index is 0.0294. The molecule has 0 aliphatic rings. The first-order valence-electron chi connectivity index (χ1n) is 5.72. The molecule has 0 aromatic carbocycles. The molecule has 9 heteroatoms. The third kappa shape index (κ3) is 3.35. The van der Waals surface area contributed by atoms with Gasteiger partial charge >= 0.3 is 5.97 Å². The van der Waals surface area contributed by atoms with E-state index in [0.717, 1.165) is 20.5 Å². The lowest BCUT2D eigenvalue weighted by atomic mass is 10.3. The van der Waals surface area contributed by atoms with Crippen molar-refractivity contribution in [2.24, 2.45) is 0 Å². The van der Waals surface area contributed by atoms with Crippen LogP contribution in [0.1, 0.15) is 16.6 Å². The summed E-state index contributed by atoms with van der Waals surface area (Å²) < 4.78 is 25.2. The minimum atomic E-state index is -3.73. The van der Waals surface area contributed by atoms with Gasteiger partial charge in [-0.15, -0.1) is 11.3 Å². The van der Waals surface area contributed by atoms with E-state index in [4.69, 9.17) is 5.11 Å². The number of thiophene rings is 1. The van der Waals surface area contributed by atoms with E-state index in [9.17, 15) is 18.0 Å². The second-order valence-corrected chi connectivity index (χ2v) is 7.15. The number of sulfonamides is 1. The summed E-state index contributed by atoms with van der Waals surface area (Å²) in [6.07, 6.45) is 0. The fourth-order valence-electron chi connectivity index (χ4n) is 1.49. The van der Waals surface area contributed by atoms with E-state index < -0.39 is 28.4 Å². The van der Waals surface area contributed by atoms with Crippen molar-refractivity contribution >= 4 is 33.2 Å². The zero-order valence-electron chi connectivity index (χ0n) is 11.4. The molecule has 0 aliphatic heterocycles. The van der Waals surface area contributed by atoms with Crippen molar-refractivity contribution in [2.75, 3.05) is 27.2 Å². The summed E-state index contributed by atoms with van der Waals surface area (Å²) in [6, 6.07) is 1.35. The maximum Gasteiger partial charge on any atom is 0.323 e. The summed E-state index contributed by atoms with van der Waals surface area (Å²) in [7, 11) is -0.988. The lowest BCUT2D eigenvalue weighted by molar-refractivity contribution is -0.137. The van der Waals surface area contributed by atoms with E-state index in [0.29, 0.717) is 0 Å². The van der Waals surface area contributed by atoms with Gasteiger partial charge in [-0.3, -0.25) is 9.59 Å². The van der Waals surface area contributed by atoms with Crippen LogP contribution in [-0.2, 0) is 14.8 Å². The molecule has 0 atom stereocenters. The number of hydrogen-bond acceptors (Lipinski definition) is 5. The van der Waals surface area contributed by atoms with E-state index in [2.05, 4.69) is 0 Å². The van der Waals surface area contributed by atoms with E-state index in [1.165, 1.54) is 25.5 Å². The van der Waals surface area contributed by atoms with Gasteiger partial charge < -0.3 is 10.0 Å². The Morgan fingerprint density at radius 3 is 2.40 bits per heavy atom. The van der Waals surface area contributed by atoms with Crippen LogP contribution in [0.3, 0.4) is 0 Å². The van der Waals surface area contributed by atoms with Gasteiger partial charge in [-0.25, -0.2) is 12.7 Å². The first kappa shape index (κ1) is 16.6. The van der Waals surface area contributed by atoms with Crippen LogP contribution in [0.25, 0.3) is 0 Å². The molecule has 0 aliphatic carbocycles. The molecule has 0 unspecified atom stereocenters. The lowest BCUT2D eigenvalue weighted by Crippen LogP contribution is -2.36. The molecule has 0 spiro atoms. The minimum Gasteiger partial charge on any atom is -0.480 e. The summed E-state index contributed by atoms with van der Waals surface area (Å²) in [5, 5.41) is 10.3. The van der Waals surface area contributed by atoms with Crippen molar-refractivity contribution in [2.45, 2.75) is 11.8 Å². The normalized spacial score (nSPS) is 11.6. The average molecular weight is 320 g/mol. The quantitative estimate of drug-likeness (QED) is 0.825. The maximum absolute atomic E-state index is 12.3. The highest BCUT2D eigenvalue weighted by atomic mass is 32.2. The SMILES string of the molecule is CCN(CC(=O)O)C(=O)c1sccc1S(=O)(=O)N(C)C. The molecule has 1 amide bonds. The van der Waals surface area contributed by atoms with Crippen LogP contribution in [0.2, 0.25) is 0 Å². The molecule has 1 rings (SSSR count). The van der Waals surface area contributed by atoms with Gasteiger partial charge in [0.25, 0.3) is 5.91 Å². The highest BCUT2D eigenvalue weighted by Gasteiger charge is 2.28. The van der Waals surface area contributed by atoms with E-state index >= 15 is 0 Å². The molecule has 1 aromatic heterocycles. The Balaban J connectivity index is 3.19. The number of hydrogen-bond donors (Lipinski definition) is 1. The summed E-state index contributed by atoms with van der Waals surface area (Å²) in [5.41, 5.74) is 0. The monoisotopic (exact) mass is 320 g/mol. The van der Waals surface area contributed by atoms with Gasteiger partial charge in [-0.05, 0) is 18.4 Å².